The van der Waals surface area contributed by atoms with Crippen molar-refractivity contribution in [2.24, 2.45) is 0 Å². The minimum Gasteiger partial charge on any atom is -0.381 e. The molecule has 0 aliphatic carbocycles. The number of aromatic nitrogens is 4. The molecule has 2 aromatic rings. The molecule has 1 fully saturated rings. The highest BCUT2D eigenvalue weighted by atomic mass is 79.9. The Labute approximate surface area is 119 Å². The first kappa shape index (κ1) is 12.6. The van der Waals surface area contributed by atoms with Gasteiger partial charge in [0, 0.05) is 11.8 Å². The third-order valence-corrected chi connectivity index (χ3v) is 3.92. The van der Waals surface area contributed by atoms with Gasteiger partial charge in [0.2, 0.25) is 0 Å². The third kappa shape index (κ3) is 2.62. The average molecular weight is 323 g/mol. The van der Waals surface area contributed by atoms with Crippen LogP contribution >= 0.6 is 15.9 Å². The molecule has 0 bridgehead atoms. The van der Waals surface area contributed by atoms with Gasteiger partial charge in [-0.3, -0.25) is 4.68 Å². The van der Waals surface area contributed by atoms with Crippen LogP contribution in [0.1, 0.15) is 18.9 Å². The number of halogens is 1. The number of hydrogen-bond donors (Lipinski definition) is 2. The van der Waals surface area contributed by atoms with Crippen LogP contribution in [0.25, 0.3) is 11.3 Å². The lowest BCUT2D eigenvalue weighted by molar-refractivity contribution is 0.343. The quantitative estimate of drug-likeness (QED) is 0.877. The number of nitrogens with zero attached hydrogens (tertiary/aromatic N) is 4. The van der Waals surface area contributed by atoms with Gasteiger partial charge in [-0.15, -0.1) is 0 Å². The summed E-state index contributed by atoms with van der Waals surface area (Å²) in [4.78, 5) is 8.46. The van der Waals surface area contributed by atoms with Crippen molar-refractivity contribution in [3.63, 3.8) is 0 Å². The van der Waals surface area contributed by atoms with Crippen molar-refractivity contribution in [2.75, 3.05) is 18.8 Å². The van der Waals surface area contributed by atoms with Gasteiger partial charge in [0.1, 0.15) is 4.60 Å². The Morgan fingerprint density at radius 1 is 1.32 bits per heavy atom. The molecule has 0 spiro atoms. The number of piperidine rings is 1. The minimum atomic E-state index is 0.398. The van der Waals surface area contributed by atoms with Crippen molar-refractivity contribution in [1.82, 2.24) is 25.1 Å². The number of hydrogen-bond acceptors (Lipinski definition) is 5. The molecule has 0 aromatic carbocycles. The van der Waals surface area contributed by atoms with Crippen LogP contribution in [0.3, 0.4) is 0 Å². The van der Waals surface area contributed by atoms with Crippen LogP contribution in [0.4, 0.5) is 5.82 Å². The maximum atomic E-state index is 5.64. The highest BCUT2D eigenvalue weighted by Gasteiger charge is 2.16. The molecule has 3 heterocycles. The Bertz CT molecular complexity index is 575. The number of rotatable bonds is 2. The second-order valence-corrected chi connectivity index (χ2v) is 5.37. The largest absolute Gasteiger partial charge is 0.381 e. The molecular formula is C12H15BrN6. The summed E-state index contributed by atoms with van der Waals surface area (Å²) < 4.78 is 2.60. The maximum absolute atomic E-state index is 5.64. The smallest absolute Gasteiger partial charge is 0.156 e. The Balaban J connectivity index is 1.85. The lowest BCUT2D eigenvalue weighted by Gasteiger charge is -2.22. The van der Waals surface area contributed by atoms with Gasteiger partial charge in [0.25, 0.3) is 0 Å². The third-order valence-electron chi connectivity index (χ3n) is 3.34. The molecule has 1 aliphatic rings. The second-order valence-electron chi connectivity index (χ2n) is 4.62. The van der Waals surface area contributed by atoms with Gasteiger partial charge in [-0.25, -0.2) is 9.97 Å². The van der Waals surface area contributed by atoms with Crippen molar-refractivity contribution >= 4 is 21.7 Å². The molecular weight excluding hydrogens is 308 g/mol. The zero-order valence-electron chi connectivity index (χ0n) is 10.4. The molecule has 0 unspecified atom stereocenters. The summed E-state index contributed by atoms with van der Waals surface area (Å²) >= 11 is 3.29. The normalized spacial score (nSPS) is 16.7. The number of nitrogens with two attached hydrogens (primary N) is 1. The molecule has 100 valence electrons. The van der Waals surface area contributed by atoms with Crippen LogP contribution in [0.5, 0.6) is 0 Å². The molecule has 0 saturated carbocycles. The molecule has 6 nitrogen and oxygen atoms in total. The molecule has 3 rings (SSSR count). The topological polar surface area (TPSA) is 81.6 Å². The fourth-order valence-electron chi connectivity index (χ4n) is 2.26. The lowest BCUT2D eigenvalue weighted by atomic mass is 10.1. The Hall–Kier alpha value is -1.47. The van der Waals surface area contributed by atoms with Gasteiger partial charge in [-0.1, -0.05) is 0 Å². The summed E-state index contributed by atoms with van der Waals surface area (Å²) in [5.74, 6) is 0.398. The van der Waals surface area contributed by atoms with Crippen molar-refractivity contribution < 1.29 is 0 Å². The predicted molar refractivity (Wildman–Crippen MR) is 76.5 cm³/mol. The molecule has 7 heteroatoms. The highest BCUT2D eigenvalue weighted by Crippen LogP contribution is 2.24. The van der Waals surface area contributed by atoms with Crippen molar-refractivity contribution in [3.05, 3.63) is 23.2 Å². The van der Waals surface area contributed by atoms with Gasteiger partial charge in [-0.2, -0.15) is 5.10 Å². The van der Waals surface area contributed by atoms with Gasteiger partial charge in [-0.05, 0) is 41.9 Å². The van der Waals surface area contributed by atoms with Crippen LogP contribution in [-0.2, 0) is 0 Å². The minimum absolute atomic E-state index is 0.398. The summed E-state index contributed by atoms with van der Waals surface area (Å²) in [7, 11) is 0. The summed E-state index contributed by atoms with van der Waals surface area (Å²) in [6.07, 6.45) is 7.75. The average Bonchev–Trinajstić information content (AvgIpc) is 2.93. The van der Waals surface area contributed by atoms with Crippen molar-refractivity contribution in [2.45, 2.75) is 18.9 Å². The Morgan fingerprint density at radius 2 is 2.11 bits per heavy atom. The van der Waals surface area contributed by atoms with E-state index in [0.29, 0.717) is 16.5 Å². The highest BCUT2D eigenvalue weighted by molar-refractivity contribution is 9.10. The van der Waals surface area contributed by atoms with E-state index in [1.165, 1.54) is 0 Å². The SMILES string of the molecule is Nc1ncc(-c2cnn(C3CCNCC3)c2)nc1Br. The van der Waals surface area contributed by atoms with E-state index >= 15 is 0 Å². The van der Waals surface area contributed by atoms with E-state index in [2.05, 4.69) is 36.3 Å². The fraction of sp³-hybridized carbons (Fsp3) is 0.417. The van der Waals surface area contributed by atoms with Gasteiger partial charge in [0.15, 0.2) is 5.82 Å². The molecule has 1 saturated heterocycles. The predicted octanol–water partition coefficient (Wildman–Crippen LogP) is 1.61. The van der Waals surface area contributed by atoms with Gasteiger partial charge < -0.3 is 11.1 Å². The first-order chi connectivity index (χ1) is 9.24. The molecule has 0 radical (unpaired) electrons. The zero-order chi connectivity index (χ0) is 13.2. The number of nitrogen functional groups attached to an aromatic ring is 1. The Kier molecular flexibility index (Phi) is 3.48. The van der Waals surface area contributed by atoms with E-state index in [1.54, 1.807) is 6.20 Å². The molecule has 1 aliphatic heterocycles. The Morgan fingerprint density at radius 3 is 2.84 bits per heavy atom. The molecule has 19 heavy (non-hydrogen) atoms. The first-order valence-electron chi connectivity index (χ1n) is 6.27. The standard InChI is InChI=1S/C12H15BrN6/c13-11-12(14)16-6-10(18-11)8-5-17-19(7-8)9-1-3-15-4-2-9/h5-7,9,15H,1-4H2,(H2,14,16). The summed E-state index contributed by atoms with van der Waals surface area (Å²) in [6.45, 7) is 2.10. The number of nitrogens with one attached hydrogen (secondary N) is 1. The summed E-state index contributed by atoms with van der Waals surface area (Å²) in [5, 5.41) is 7.80. The maximum Gasteiger partial charge on any atom is 0.156 e. The van der Waals surface area contributed by atoms with Crippen LogP contribution in [0.15, 0.2) is 23.2 Å². The second kappa shape index (κ2) is 5.26. The van der Waals surface area contributed by atoms with E-state index < -0.39 is 0 Å². The van der Waals surface area contributed by atoms with E-state index in [1.807, 2.05) is 17.1 Å². The van der Waals surface area contributed by atoms with Gasteiger partial charge in [0.05, 0.1) is 24.1 Å². The zero-order valence-corrected chi connectivity index (χ0v) is 12.0. The van der Waals surface area contributed by atoms with Crippen molar-refractivity contribution in [1.29, 1.82) is 0 Å². The van der Waals surface area contributed by atoms with E-state index in [-0.39, 0.29) is 0 Å². The van der Waals surface area contributed by atoms with Crippen LogP contribution in [0, 0.1) is 0 Å². The molecule has 3 N–H and O–H groups in total. The van der Waals surface area contributed by atoms with Crippen LogP contribution in [-0.4, -0.2) is 32.8 Å². The van der Waals surface area contributed by atoms with Crippen LogP contribution < -0.4 is 11.1 Å². The number of anilines is 1. The van der Waals surface area contributed by atoms with E-state index in [4.69, 9.17) is 5.73 Å². The lowest BCUT2D eigenvalue weighted by Crippen LogP contribution is -2.29. The van der Waals surface area contributed by atoms with Crippen molar-refractivity contribution in [3.8, 4) is 11.3 Å². The van der Waals surface area contributed by atoms with Gasteiger partial charge >= 0.3 is 0 Å². The fourth-order valence-corrected chi connectivity index (χ4v) is 2.55. The van der Waals surface area contributed by atoms with E-state index in [0.717, 1.165) is 37.2 Å². The molecule has 0 atom stereocenters. The summed E-state index contributed by atoms with van der Waals surface area (Å²) in [5.41, 5.74) is 7.38. The molecule has 0 amide bonds. The monoisotopic (exact) mass is 322 g/mol. The summed E-state index contributed by atoms with van der Waals surface area (Å²) in [6, 6.07) is 0.472. The molecule has 2 aromatic heterocycles. The van der Waals surface area contributed by atoms with E-state index in [9.17, 15) is 0 Å². The first-order valence-corrected chi connectivity index (χ1v) is 7.06. The van der Waals surface area contributed by atoms with Crippen LogP contribution in [0.2, 0.25) is 0 Å².